The Morgan fingerprint density at radius 3 is 2.57 bits per heavy atom. The molecule has 2 aliphatic heterocycles. The highest BCUT2D eigenvalue weighted by Crippen LogP contribution is 2.48. The van der Waals surface area contributed by atoms with Crippen molar-refractivity contribution in [3.8, 4) is 0 Å². The van der Waals surface area contributed by atoms with Gasteiger partial charge in [-0.15, -0.1) is 0 Å². The Morgan fingerprint density at radius 2 is 1.96 bits per heavy atom. The second-order valence-corrected chi connectivity index (χ2v) is 6.05. The quantitative estimate of drug-likeness (QED) is 0.928. The lowest BCUT2D eigenvalue weighted by Gasteiger charge is -2.52. The summed E-state index contributed by atoms with van der Waals surface area (Å²) in [5.74, 6) is -5.07. The zero-order valence-electron chi connectivity index (χ0n) is 12.3. The molecule has 23 heavy (non-hydrogen) atoms. The van der Waals surface area contributed by atoms with Crippen molar-refractivity contribution in [1.82, 2.24) is 4.90 Å². The highest BCUT2D eigenvalue weighted by atomic mass is 19.3. The Bertz CT molecular complexity index is 607. The fraction of sp³-hybridized carbons (Fsp3) is 0.500. The Balaban J connectivity index is 1.77. The van der Waals surface area contributed by atoms with Gasteiger partial charge >= 0.3 is 12.1 Å². The molecule has 0 spiro atoms. The SMILES string of the molecule is O=C(O)[C@@H]1C2CCC(N1C(=O)OCc1ccccc1)C(F)(F)C2. The van der Waals surface area contributed by atoms with Gasteiger partial charge in [0.25, 0.3) is 5.92 Å². The van der Waals surface area contributed by atoms with Crippen molar-refractivity contribution in [3.63, 3.8) is 0 Å². The molecule has 1 aromatic carbocycles. The van der Waals surface area contributed by atoms with Gasteiger partial charge in [-0.2, -0.15) is 0 Å². The summed E-state index contributed by atoms with van der Waals surface area (Å²) in [6, 6.07) is 6.15. The number of amides is 1. The normalized spacial score (nSPS) is 28.4. The number of fused-ring (bicyclic) bond motifs is 3. The highest BCUT2D eigenvalue weighted by molar-refractivity contribution is 5.81. The summed E-state index contributed by atoms with van der Waals surface area (Å²) in [5, 5.41) is 9.34. The zero-order valence-corrected chi connectivity index (χ0v) is 12.3. The van der Waals surface area contributed by atoms with E-state index >= 15 is 0 Å². The molecule has 2 unspecified atom stereocenters. The number of carbonyl (C=O) groups is 2. The van der Waals surface area contributed by atoms with Gasteiger partial charge in [0, 0.05) is 6.42 Å². The molecule has 0 aromatic heterocycles. The van der Waals surface area contributed by atoms with E-state index in [1.54, 1.807) is 30.3 Å². The molecular weight excluding hydrogens is 308 g/mol. The Labute approximate surface area is 131 Å². The molecule has 1 N–H and O–H groups in total. The molecule has 3 fully saturated rings. The van der Waals surface area contributed by atoms with Crippen LogP contribution in [0.25, 0.3) is 0 Å². The van der Waals surface area contributed by atoms with Crippen molar-refractivity contribution >= 4 is 12.1 Å². The molecule has 1 saturated carbocycles. The standard InChI is InChI=1S/C16H17F2NO4/c17-16(18)8-11-6-7-12(16)19(13(11)14(20)21)15(22)23-9-10-4-2-1-3-5-10/h1-5,11-13H,6-9H2,(H,20,21)/t11?,12?,13-/m0/s1. The van der Waals surface area contributed by atoms with Crippen LogP contribution in [0, 0.1) is 5.92 Å². The number of halogens is 2. The monoisotopic (exact) mass is 325 g/mol. The fourth-order valence-electron chi connectivity index (χ4n) is 3.56. The summed E-state index contributed by atoms with van der Waals surface area (Å²) < 4.78 is 33.2. The van der Waals surface area contributed by atoms with E-state index in [0.29, 0.717) is 12.0 Å². The topological polar surface area (TPSA) is 66.8 Å². The van der Waals surface area contributed by atoms with Crippen molar-refractivity contribution < 1.29 is 28.2 Å². The van der Waals surface area contributed by atoms with Gasteiger partial charge in [-0.25, -0.2) is 18.4 Å². The van der Waals surface area contributed by atoms with E-state index in [-0.39, 0.29) is 13.0 Å². The van der Waals surface area contributed by atoms with Crippen LogP contribution in [0.2, 0.25) is 0 Å². The van der Waals surface area contributed by atoms with E-state index < -0.39 is 42.4 Å². The molecule has 0 radical (unpaired) electrons. The van der Waals surface area contributed by atoms with Crippen LogP contribution in [0.4, 0.5) is 13.6 Å². The molecule has 5 nitrogen and oxygen atoms in total. The maximum atomic E-state index is 14.1. The smallest absolute Gasteiger partial charge is 0.411 e. The second-order valence-electron chi connectivity index (χ2n) is 6.05. The van der Waals surface area contributed by atoms with Gasteiger partial charge in [0.2, 0.25) is 0 Å². The van der Waals surface area contributed by atoms with Crippen LogP contribution >= 0.6 is 0 Å². The average molecular weight is 325 g/mol. The summed E-state index contributed by atoms with van der Waals surface area (Å²) in [4.78, 5) is 24.5. The molecule has 7 heteroatoms. The lowest BCUT2D eigenvalue weighted by molar-refractivity contribution is -0.187. The van der Waals surface area contributed by atoms with Gasteiger partial charge in [-0.05, 0) is 24.3 Å². The lowest BCUT2D eigenvalue weighted by Crippen LogP contribution is -2.67. The minimum atomic E-state index is -3.07. The molecule has 3 atom stereocenters. The first-order valence-electron chi connectivity index (χ1n) is 7.50. The molecule has 1 aliphatic carbocycles. The summed E-state index contributed by atoms with van der Waals surface area (Å²) in [5.41, 5.74) is 0.710. The van der Waals surface area contributed by atoms with Crippen molar-refractivity contribution in [2.75, 3.05) is 0 Å². The van der Waals surface area contributed by atoms with Crippen molar-refractivity contribution in [3.05, 3.63) is 35.9 Å². The van der Waals surface area contributed by atoms with E-state index in [1.807, 2.05) is 0 Å². The van der Waals surface area contributed by atoms with Crippen molar-refractivity contribution in [1.29, 1.82) is 0 Å². The number of benzene rings is 1. The number of carboxylic acids is 1. The number of hydrogen-bond donors (Lipinski definition) is 1. The van der Waals surface area contributed by atoms with E-state index in [9.17, 15) is 23.5 Å². The molecule has 2 saturated heterocycles. The molecule has 2 bridgehead atoms. The minimum absolute atomic E-state index is 0.0779. The fourth-order valence-corrected chi connectivity index (χ4v) is 3.56. The number of piperidine rings is 2. The molecule has 124 valence electrons. The van der Waals surface area contributed by atoms with Crippen LogP contribution in [0.3, 0.4) is 0 Å². The molecule has 1 amide bonds. The summed E-state index contributed by atoms with van der Waals surface area (Å²) in [7, 11) is 0. The Morgan fingerprint density at radius 1 is 1.26 bits per heavy atom. The maximum absolute atomic E-state index is 14.1. The lowest BCUT2D eigenvalue weighted by atomic mass is 9.72. The van der Waals surface area contributed by atoms with Crippen LogP contribution in [0.5, 0.6) is 0 Å². The van der Waals surface area contributed by atoms with Crippen LogP contribution < -0.4 is 0 Å². The summed E-state index contributed by atoms with van der Waals surface area (Å²) in [6.07, 6.45) is -0.992. The average Bonchev–Trinajstić information content (AvgIpc) is 2.52. The predicted molar refractivity (Wildman–Crippen MR) is 76.0 cm³/mol. The summed E-state index contributed by atoms with van der Waals surface area (Å²) in [6.45, 7) is -0.0779. The van der Waals surface area contributed by atoms with Gasteiger partial charge in [0.05, 0.1) is 6.04 Å². The third-order valence-corrected chi connectivity index (χ3v) is 4.58. The van der Waals surface area contributed by atoms with Gasteiger partial charge in [0.1, 0.15) is 12.6 Å². The number of carbonyl (C=O) groups excluding carboxylic acids is 1. The van der Waals surface area contributed by atoms with E-state index in [4.69, 9.17) is 4.74 Å². The number of rotatable bonds is 3. The van der Waals surface area contributed by atoms with E-state index in [0.717, 1.165) is 4.90 Å². The highest BCUT2D eigenvalue weighted by Gasteiger charge is 2.60. The number of alkyl halides is 2. The van der Waals surface area contributed by atoms with Crippen LogP contribution in [-0.4, -0.2) is 40.1 Å². The molecule has 4 rings (SSSR count). The first kappa shape index (κ1) is 15.7. The second kappa shape index (κ2) is 5.79. The Hall–Kier alpha value is -2.18. The number of nitrogens with zero attached hydrogens (tertiary/aromatic N) is 1. The number of hydrogen-bond acceptors (Lipinski definition) is 3. The third-order valence-electron chi connectivity index (χ3n) is 4.58. The van der Waals surface area contributed by atoms with Crippen LogP contribution in [0.1, 0.15) is 24.8 Å². The zero-order chi connectivity index (χ0) is 16.6. The molecule has 2 heterocycles. The van der Waals surface area contributed by atoms with E-state index in [1.165, 1.54) is 0 Å². The maximum Gasteiger partial charge on any atom is 0.411 e. The Kier molecular flexibility index (Phi) is 3.95. The van der Waals surface area contributed by atoms with E-state index in [2.05, 4.69) is 0 Å². The van der Waals surface area contributed by atoms with Gasteiger partial charge in [-0.3, -0.25) is 4.90 Å². The first-order chi connectivity index (χ1) is 10.9. The molecule has 3 aliphatic rings. The molecule has 1 aromatic rings. The van der Waals surface area contributed by atoms with Gasteiger partial charge in [0.15, 0.2) is 0 Å². The van der Waals surface area contributed by atoms with Crippen molar-refractivity contribution in [2.24, 2.45) is 5.92 Å². The predicted octanol–water partition coefficient (Wildman–Crippen LogP) is 2.90. The largest absolute Gasteiger partial charge is 0.480 e. The van der Waals surface area contributed by atoms with Crippen LogP contribution in [-0.2, 0) is 16.1 Å². The summed E-state index contributed by atoms with van der Waals surface area (Å²) >= 11 is 0. The molecular formula is C16H17F2NO4. The van der Waals surface area contributed by atoms with Crippen LogP contribution in [0.15, 0.2) is 30.3 Å². The number of ether oxygens (including phenoxy) is 1. The first-order valence-corrected chi connectivity index (χ1v) is 7.50. The third kappa shape index (κ3) is 2.87. The van der Waals surface area contributed by atoms with Gasteiger partial charge in [-0.1, -0.05) is 30.3 Å². The van der Waals surface area contributed by atoms with Crippen molar-refractivity contribution in [2.45, 2.75) is 43.9 Å². The number of carboxylic acid groups (broad SMARTS) is 1. The number of aliphatic carboxylic acids is 1. The minimum Gasteiger partial charge on any atom is -0.480 e. The van der Waals surface area contributed by atoms with Gasteiger partial charge < -0.3 is 9.84 Å².